The average Bonchev–Trinajstić information content (AvgIpc) is 2.76. The van der Waals surface area contributed by atoms with E-state index in [4.69, 9.17) is 28.6 Å². The van der Waals surface area contributed by atoms with Crippen molar-refractivity contribution in [3.05, 3.63) is 58.6 Å². The minimum absolute atomic E-state index is 0.319. The molecular weight excluding hydrogens is 432 g/mol. The molecule has 166 valence electrons. The summed E-state index contributed by atoms with van der Waals surface area (Å²) in [5.74, 6) is -0.319. The monoisotopic (exact) mass is 460 g/mol. The van der Waals surface area contributed by atoms with E-state index >= 15 is 0 Å². The van der Waals surface area contributed by atoms with Crippen LogP contribution in [0, 0.1) is 6.92 Å². The fraction of sp³-hybridized carbons (Fsp3) is 0.391. The largest absolute Gasteiger partial charge is 0.462 e. The molecule has 1 aliphatic rings. The van der Waals surface area contributed by atoms with E-state index in [-0.39, 0.29) is 5.97 Å². The van der Waals surface area contributed by atoms with Gasteiger partial charge in [0.1, 0.15) is 0 Å². The zero-order valence-electron chi connectivity index (χ0n) is 18.0. The van der Waals surface area contributed by atoms with Gasteiger partial charge in [-0.05, 0) is 68.0 Å². The van der Waals surface area contributed by atoms with Crippen LogP contribution in [0.1, 0.15) is 22.8 Å². The summed E-state index contributed by atoms with van der Waals surface area (Å²) in [6, 6.07) is 13.2. The lowest BCUT2D eigenvalue weighted by molar-refractivity contribution is 0.0526. The summed E-state index contributed by atoms with van der Waals surface area (Å²) < 4.78 is 4.99. The van der Waals surface area contributed by atoms with Crippen molar-refractivity contribution in [2.24, 2.45) is 0 Å². The molecule has 3 rings (SSSR count). The molecule has 6 nitrogen and oxygen atoms in total. The van der Waals surface area contributed by atoms with Crippen molar-refractivity contribution in [1.82, 2.24) is 10.2 Å². The Hall–Kier alpha value is -2.35. The van der Waals surface area contributed by atoms with Crippen molar-refractivity contribution in [3.8, 4) is 0 Å². The van der Waals surface area contributed by atoms with E-state index < -0.39 is 0 Å². The molecule has 0 radical (unpaired) electrons. The number of nitrogens with zero attached hydrogens (tertiary/aromatic N) is 2. The fourth-order valence-corrected chi connectivity index (χ4v) is 3.93. The number of thiocarbonyl (C=S) groups is 1. The number of ether oxygens (including phenoxy) is 1. The molecule has 2 aromatic rings. The van der Waals surface area contributed by atoms with E-state index in [1.807, 2.05) is 18.2 Å². The minimum atomic E-state index is -0.319. The Balaban J connectivity index is 1.37. The van der Waals surface area contributed by atoms with Gasteiger partial charge in [-0.25, -0.2) is 4.79 Å². The second-order valence-electron chi connectivity index (χ2n) is 7.44. The molecule has 0 amide bonds. The Morgan fingerprint density at radius 2 is 1.84 bits per heavy atom. The average molecular weight is 461 g/mol. The molecule has 1 aliphatic heterocycles. The van der Waals surface area contributed by atoms with Crippen molar-refractivity contribution >= 4 is 46.3 Å². The molecule has 0 aromatic heterocycles. The maximum Gasteiger partial charge on any atom is 0.338 e. The number of rotatable bonds is 7. The number of carbonyl (C=O) groups excluding carboxylic acids is 1. The van der Waals surface area contributed by atoms with Crippen molar-refractivity contribution in [3.63, 3.8) is 0 Å². The van der Waals surface area contributed by atoms with Crippen LogP contribution in [0.15, 0.2) is 42.5 Å². The molecule has 2 aromatic carbocycles. The Bertz CT molecular complexity index is 899. The minimum Gasteiger partial charge on any atom is -0.462 e. The highest BCUT2D eigenvalue weighted by Crippen LogP contribution is 2.25. The van der Waals surface area contributed by atoms with Crippen LogP contribution >= 0.6 is 23.8 Å². The summed E-state index contributed by atoms with van der Waals surface area (Å²) in [7, 11) is 0. The van der Waals surface area contributed by atoms with Gasteiger partial charge in [-0.1, -0.05) is 17.7 Å². The van der Waals surface area contributed by atoms with Gasteiger partial charge in [0.25, 0.3) is 0 Å². The summed E-state index contributed by atoms with van der Waals surface area (Å²) in [5.41, 5.74) is 3.84. The van der Waals surface area contributed by atoms with Gasteiger partial charge in [0, 0.05) is 55.7 Å². The first-order valence-electron chi connectivity index (χ1n) is 10.5. The molecule has 0 unspecified atom stereocenters. The first-order chi connectivity index (χ1) is 15.0. The third-order valence-corrected chi connectivity index (χ3v) is 5.73. The van der Waals surface area contributed by atoms with Crippen molar-refractivity contribution in [2.75, 3.05) is 56.1 Å². The van der Waals surface area contributed by atoms with Crippen LogP contribution in [-0.2, 0) is 4.74 Å². The standard InChI is InChI=1S/C23H29ClN4O2S/c1-3-30-22(29)18-5-8-20(9-6-18)26-23(31)25-10-11-27-12-14-28(15-13-27)21-16-19(24)7-4-17(21)2/h4-9,16H,3,10-15H2,1-2H3,(H2,25,26,31). The topological polar surface area (TPSA) is 56.8 Å². The van der Waals surface area contributed by atoms with Crippen LogP contribution in [-0.4, -0.2) is 61.9 Å². The quantitative estimate of drug-likeness (QED) is 0.479. The molecule has 8 heteroatoms. The highest BCUT2D eigenvalue weighted by atomic mass is 35.5. The van der Waals surface area contributed by atoms with Gasteiger partial charge in [-0.15, -0.1) is 0 Å². The predicted octanol–water partition coefficient (Wildman–Crippen LogP) is 3.93. The predicted molar refractivity (Wildman–Crippen MR) is 131 cm³/mol. The highest BCUT2D eigenvalue weighted by molar-refractivity contribution is 7.80. The molecular formula is C23H29ClN4O2S. The van der Waals surface area contributed by atoms with Crippen LogP contribution in [0.2, 0.25) is 5.02 Å². The van der Waals surface area contributed by atoms with E-state index in [0.29, 0.717) is 17.3 Å². The number of benzene rings is 2. The van der Waals surface area contributed by atoms with Crippen LogP contribution in [0.5, 0.6) is 0 Å². The molecule has 0 spiro atoms. The van der Waals surface area contributed by atoms with E-state index in [1.54, 1.807) is 19.1 Å². The number of aryl methyl sites for hydroxylation is 1. The Kier molecular flexibility index (Phi) is 8.51. The second kappa shape index (κ2) is 11.3. The van der Waals surface area contributed by atoms with Crippen LogP contribution < -0.4 is 15.5 Å². The molecule has 2 N–H and O–H groups in total. The fourth-order valence-electron chi connectivity index (χ4n) is 3.54. The number of halogens is 1. The normalized spacial score (nSPS) is 14.2. The number of hydrogen-bond donors (Lipinski definition) is 2. The van der Waals surface area contributed by atoms with E-state index in [0.717, 1.165) is 50.0 Å². The molecule has 0 bridgehead atoms. The third kappa shape index (κ3) is 6.82. The lowest BCUT2D eigenvalue weighted by atomic mass is 10.1. The Morgan fingerprint density at radius 3 is 2.52 bits per heavy atom. The summed E-state index contributed by atoms with van der Waals surface area (Å²) in [4.78, 5) is 16.5. The first kappa shape index (κ1) is 23.3. The Morgan fingerprint density at radius 1 is 1.13 bits per heavy atom. The van der Waals surface area contributed by atoms with Gasteiger partial charge in [0.2, 0.25) is 0 Å². The zero-order valence-corrected chi connectivity index (χ0v) is 19.6. The SMILES string of the molecule is CCOC(=O)c1ccc(NC(=S)NCCN2CCN(c3cc(Cl)ccc3C)CC2)cc1. The van der Waals surface area contributed by atoms with E-state index in [9.17, 15) is 4.79 Å². The molecule has 31 heavy (non-hydrogen) atoms. The van der Waals surface area contributed by atoms with E-state index in [1.165, 1.54) is 11.3 Å². The summed E-state index contributed by atoms with van der Waals surface area (Å²) >= 11 is 11.6. The van der Waals surface area contributed by atoms with Gasteiger partial charge < -0.3 is 20.3 Å². The molecule has 0 saturated carbocycles. The number of piperazine rings is 1. The van der Waals surface area contributed by atoms with Crippen molar-refractivity contribution < 1.29 is 9.53 Å². The van der Waals surface area contributed by atoms with Crippen LogP contribution in [0.25, 0.3) is 0 Å². The van der Waals surface area contributed by atoms with Gasteiger partial charge >= 0.3 is 5.97 Å². The van der Waals surface area contributed by atoms with Gasteiger partial charge in [-0.2, -0.15) is 0 Å². The van der Waals surface area contributed by atoms with Crippen molar-refractivity contribution in [2.45, 2.75) is 13.8 Å². The lowest BCUT2D eigenvalue weighted by Crippen LogP contribution is -2.48. The van der Waals surface area contributed by atoms with E-state index in [2.05, 4.69) is 39.5 Å². The first-order valence-corrected chi connectivity index (χ1v) is 11.3. The number of nitrogens with one attached hydrogen (secondary N) is 2. The van der Waals surface area contributed by atoms with Crippen LogP contribution in [0.3, 0.4) is 0 Å². The van der Waals surface area contributed by atoms with Crippen LogP contribution in [0.4, 0.5) is 11.4 Å². The number of hydrogen-bond acceptors (Lipinski definition) is 5. The second-order valence-corrected chi connectivity index (χ2v) is 8.28. The van der Waals surface area contributed by atoms with Gasteiger partial charge in [0.15, 0.2) is 5.11 Å². The van der Waals surface area contributed by atoms with Gasteiger partial charge in [-0.3, -0.25) is 4.90 Å². The van der Waals surface area contributed by atoms with Gasteiger partial charge in [0.05, 0.1) is 12.2 Å². The third-order valence-electron chi connectivity index (χ3n) is 5.25. The zero-order chi connectivity index (χ0) is 22.2. The lowest BCUT2D eigenvalue weighted by Gasteiger charge is -2.37. The Labute approximate surface area is 194 Å². The molecule has 1 heterocycles. The smallest absolute Gasteiger partial charge is 0.338 e. The molecule has 0 aliphatic carbocycles. The summed E-state index contributed by atoms with van der Waals surface area (Å²) in [5, 5.41) is 7.75. The maximum atomic E-state index is 11.7. The summed E-state index contributed by atoms with van der Waals surface area (Å²) in [6.45, 7) is 9.94. The summed E-state index contributed by atoms with van der Waals surface area (Å²) in [6.07, 6.45) is 0. The molecule has 0 atom stereocenters. The molecule has 1 fully saturated rings. The molecule has 1 saturated heterocycles. The maximum absolute atomic E-state index is 11.7. The number of carbonyl (C=O) groups is 1. The highest BCUT2D eigenvalue weighted by Gasteiger charge is 2.18. The number of esters is 1. The number of anilines is 2. The van der Waals surface area contributed by atoms with Crippen molar-refractivity contribution in [1.29, 1.82) is 0 Å².